The zero-order valence-corrected chi connectivity index (χ0v) is 12.0. The third kappa shape index (κ3) is 5.07. The zero-order valence-electron chi connectivity index (χ0n) is 12.0. The van der Waals surface area contributed by atoms with Crippen LogP contribution in [0.3, 0.4) is 0 Å². The summed E-state index contributed by atoms with van der Waals surface area (Å²) in [4.78, 5) is 10.6. The van der Waals surface area contributed by atoms with Crippen molar-refractivity contribution in [3.8, 4) is 0 Å². The second-order valence-electron chi connectivity index (χ2n) is 4.88. The Hall–Kier alpha value is -1.78. The Balaban J connectivity index is 1.96. The van der Waals surface area contributed by atoms with E-state index in [4.69, 9.17) is 0 Å². The van der Waals surface area contributed by atoms with Gasteiger partial charge in [-0.15, -0.1) is 0 Å². The predicted molar refractivity (Wildman–Crippen MR) is 81.1 cm³/mol. The molecule has 0 amide bonds. The minimum absolute atomic E-state index is 0.953. The van der Waals surface area contributed by atoms with Crippen molar-refractivity contribution < 1.29 is 0 Å². The smallest absolute Gasteiger partial charge is 0.0271 e. The van der Waals surface area contributed by atoms with Gasteiger partial charge in [0.05, 0.1) is 0 Å². The Kier molecular flexibility index (Phi) is 6.14. The molecule has 2 rings (SSSR count). The topological polar surface area (TPSA) is 41.0 Å². The van der Waals surface area contributed by atoms with Gasteiger partial charge >= 0.3 is 0 Å². The molecule has 0 bridgehead atoms. The van der Waals surface area contributed by atoms with Gasteiger partial charge in [0.2, 0.25) is 0 Å². The van der Waals surface area contributed by atoms with E-state index in [0.29, 0.717) is 0 Å². The van der Waals surface area contributed by atoms with Crippen molar-refractivity contribution in [1.29, 1.82) is 0 Å². The standard InChI is InChI=1S/C16H22N4/c1-17-7-2-12-20(13-15-3-8-18-9-4-15)14-16-5-10-19-11-6-16/h3-6,8-11,17H,2,7,12-14H2,1H3. The van der Waals surface area contributed by atoms with Crippen molar-refractivity contribution in [1.82, 2.24) is 20.2 Å². The van der Waals surface area contributed by atoms with Gasteiger partial charge in [-0.05, 0) is 55.4 Å². The summed E-state index contributed by atoms with van der Waals surface area (Å²) in [6.45, 7) is 4.03. The largest absolute Gasteiger partial charge is 0.320 e. The van der Waals surface area contributed by atoms with E-state index in [1.54, 1.807) is 0 Å². The molecule has 0 aliphatic heterocycles. The van der Waals surface area contributed by atoms with Crippen molar-refractivity contribution >= 4 is 0 Å². The molecule has 0 aliphatic rings. The van der Waals surface area contributed by atoms with E-state index in [-0.39, 0.29) is 0 Å². The van der Waals surface area contributed by atoms with Crippen molar-refractivity contribution in [2.24, 2.45) is 0 Å². The molecule has 0 saturated carbocycles. The summed E-state index contributed by atoms with van der Waals surface area (Å²) in [5.41, 5.74) is 2.61. The van der Waals surface area contributed by atoms with E-state index in [1.807, 2.05) is 31.8 Å². The molecule has 4 nitrogen and oxygen atoms in total. The third-order valence-electron chi connectivity index (χ3n) is 3.21. The van der Waals surface area contributed by atoms with Gasteiger partial charge in [0.25, 0.3) is 0 Å². The fourth-order valence-electron chi connectivity index (χ4n) is 2.19. The Bertz CT molecular complexity index is 431. The van der Waals surface area contributed by atoms with Gasteiger partial charge in [-0.3, -0.25) is 14.9 Å². The minimum atomic E-state index is 0.953. The zero-order chi connectivity index (χ0) is 14.0. The van der Waals surface area contributed by atoms with E-state index in [0.717, 1.165) is 32.6 Å². The van der Waals surface area contributed by atoms with Crippen molar-refractivity contribution in [3.63, 3.8) is 0 Å². The molecular formula is C16H22N4. The molecule has 0 unspecified atom stereocenters. The first-order valence-electron chi connectivity index (χ1n) is 7.03. The average molecular weight is 270 g/mol. The van der Waals surface area contributed by atoms with Crippen molar-refractivity contribution in [2.75, 3.05) is 20.1 Å². The maximum atomic E-state index is 4.08. The average Bonchev–Trinajstić information content (AvgIpc) is 2.49. The molecule has 2 aromatic rings. The Morgan fingerprint density at radius 1 is 0.900 bits per heavy atom. The monoisotopic (exact) mass is 270 g/mol. The van der Waals surface area contributed by atoms with E-state index >= 15 is 0 Å². The first kappa shape index (κ1) is 14.6. The molecule has 4 heteroatoms. The fourth-order valence-corrected chi connectivity index (χ4v) is 2.19. The molecule has 0 aliphatic carbocycles. The van der Waals surface area contributed by atoms with Gasteiger partial charge in [-0.1, -0.05) is 0 Å². The van der Waals surface area contributed by atoms with Crippen LogP contribution in [-0.4, -0.2) is 35.0 Å². The van der Waals surface area contributed by atoms with Crippen LogP contribution in [0.15, 0.2) is 49.1 Å². The lowest BCUT2D eigenvalue weighted by atomic mass is 10.2. The molecule has 0 spiro atoms. The Morgan fingerprint density at radius 2 is 1.40 bits per heavy atom. The van der Waals surface area contributed by atoms with Gasteiger partial charge in [-0.25, -0.2) is 0 Å². The highest BCUT2D eigenvalue weighted by atomic mass is 15.1. The molecule has 0 atom stereocenters. The van der Waals surface area contributed by atoms with E-state index < -0.39 is 0 Å². The molecular weight excluding hydrogens is 248 g/mol. The molecule has 0 radical (unpaired) electrons. The molecule has 1 N–H and O–H groups in total. The van der Waals surface area contributed by atoms with Gasteiger partial charge in [0.1, 0.15) is 0 Å². The van der Waals surface area contributed by atoms with E-state index in [1.165, 1.54) is 11.1 Å². The Morgan fingerprint density at radius 3 is 1.85 bits per heavy atom. The quantitative estimate of drug-likeness (QED) is 0.746. The van der Waals surface area contributed by atoms with Crippen molar-refractivity contribution in [2.45, 2.75) is 19.5 Å². The maximum Gasteiger partial charge on any atom is 0.0271 e. The van der Waals surface area contributed by atoms with Gasteiger partial charge in [0.15, 0.2) is 0 Å². The molecule has 20 heavy (non-hydrogen) atoms. The molecule has 0 aromatic carbocycles. The van der Waals surface area contributed by atoms with Crippen LogP contribution in [0.2, 0.25) is 0 Å². The van der Waals surface area contributed by atoms with Gasteiger partial charge in [-0.2, -0.15) is 0 Å². The highest BCUT2D eigenvalue weighted by Crippen LogP contribution is 2.09. The lowest BCUT2D eigenvalue weighted by molar-refractivity contribution is 0.253. The predicted octanol–water partition coefficient (Wildman–Crippen LogP) is 2.09. The number of nitrogens with zero attached hydrogens (tertiary/aromatic N) is 3. The van der Waals surface area contributed by atoms with Crippen LogP contribution in [-0.2, 0) is 13.1 Å². The summed E-state index contributed by atoms with van der Waals surface area (Å²) in [5.74, 6) is 0. The van der Waals surface area contributed by atoms with Gasteiger partial charge < -0.3 is 5.32 Å². The Labute approximate surface area is 120 Å². The van der Waals surface area contributed by atoms with Crippen LogP contribution in [0.1, 0.15) is 17.5 Å². The number of hydrogen-bond acceptors (Lipinski definition) is 4. The molecule has 2 aromatic heterocycles. The number of rotatable bonds is 8. The fraction of sp³-hybridized carbons (Fsp3) is 0.375. The second-order valence-corrected chi connectivity index (χ2v) is 4.88. The third-order valence-corrected chi connectivity index (χ3v) is 3.21. The number of nitrogens with one attached hydrogen (secondary N) is 1. The summed E-state index contributed by atoms with van der Waals surface area (Å²) >= 11 is 0. The summed E-state index contributed by atoms with van der Waals surface area (Å²) in [6.07, 6.45) is 8.56. The highest BCUT2D eigenvalue weighted by Gasteiger charge is 2.06. The molecule has 2 heterocycles. The summed E-state index contributed by atoms with van der Waals surface area (Å²) in [6, 6.07) is 8.32. The lowest BCUT2D eigenvalue weighted by Gasteiger charge is -2.22. The van der Waals surface area contributed by atoms with Crippen LogP contribution < -0.4 is 5.32 Å². The van der Waals surface area contributed by atoms with Crippen LogP contribution in [0.5, 0.6) is 0 Å². The maximum absolute atomic E-state index is 4.08. The van der Waals surface area contributed by atoms with Gasteiger partial charge in [0, 0.05) is 44.4 Å². The molecule has 0 saturated heterocycles. The van der Waals surface area contributed by atoms with Crippen LogP contribution in [0.25, 0.3) is 0 Å². The second kappa shape index (κ2) is 8.40. The lowest BCUT2D eigenvalue weighted by Crippen LogP contribution is -2.26. The van der Waals surface area contributed by atoms with Crippen LogP contribution in [0, 0.1) is 0 Å². The van der Waals surface area contributed by atoms with Crippen LogP contribution in [0.4, 0.5) is 0 Å². The summed E-state index contributed by atoms with van der Waals surface area (Å²) in [7, 11) is 2.00. The minimum Gasteiger partial charge on any atom is -0.320 e. The molecule has 0 fully saturated rings. The highest BCUT2D eigenvalue weighted by molar-refractivity contribution is 5.12. The summed E-state index contributed by atoms with van der Waals surface area (Å²) < 4.78 is 0. The normalized spacial score (nSPS) is 10.9. The van der Waals surface area contributed by atoms with Crippen LogP contribution >= 0.6 is 0 Å². The van der Waals surface area contributed by atoms with E-state index in [2.05, 4.69) is 44.5 Å². The number of hydrogen-bond donors (Lipinski definition) is 1. The molecule has 106 valence electrons. The van der Waals surface area contributed by atoms with E-state index in [9.17, 15) is 0 Å². The van der Waals surface area contributed by atoms with Crippen molar-refractivity contribution in [3.05, 3.63) is 60.2 Å². The number of aromatic nitrogens is 2. The summed E-state index contributed by atoms with van der Waals surface area (Å²) in [5, 5.41) is 3.20. The first-order valence-corrected chi connectivity index (χ1v) is 7.03. The SMILES string of the molecule is CNCCCN(Cc1ccncc1)Cc1ccncc1. The first-order chi connectivity index (χ1) is 9.88. The number of pyridine rings is 2.